The molecule has 0 radical (unpaired) electrons. The topological polar surface area (TPSA) is 62.6 Å². The minimum absolute atomic E-state index is 0.402. The lowest BCUT2D eigenvalue weighted by atomic mass is 10.0. The van der Waals surface area contributed by atoms with Crippen LogP contribution in [0.5, 0.6) is 5.75 Å². The molecule has 0 atom stereocenters. The molecule has 21 heavy (non-hydrogen) atoms. The van der Waals surface area contributed by atoms with Crippen LogP contribution in [0.1, 0.15) is 31.1 Å². The molecule has 1 aliphatic rings. The van der Waals surface area contributed by atoms with Gasteiger partial charge in [-0.2, -0.15) is 0 Å². The van der Waals surface area contributed by atoms with Crippen molar-refractivity contribution in [3.8, 4) is 16.9 Å². The SMILES string of the molecule is CCOn1cc(-c2cccc3c2C(=O)OC(C)(C)O3)cn1. The Kier molecular flexibility index (Phi) is 3.08. The van der Waals surface area contributed by atoms with Gasteiger partial charge in [0.2, 0.25) is 5.79 Å². The lowest BCUT2D eigenvalue weighted by Crippen LogP contribution is -2.39. The Morgan fingerprint density at radius 2 is 2.14 bits per heavy atom. The summed E-state index contributed by atoms with van der Waals surface area (Å²) in [5.41, 5.74) is 1.88. The number of rotatable bonds is 3. The Hall–Kier alpha value is -2.50. The summed E-state index contributed by atoms with van der Waals surface area (Å²) in [6, 6.07) is 5.42. The van der Waals surface area contributed by atoms with Crippen LogP contribution in [0.3, 0.4) is 0 Å². The molecule has 0 unspecified atom stereocenters. The van der Waals surface area contributed by atoms with E-state index in [1.807, 2.05) is 19.1 Å². The summed E-state index contributed by atoms with van der Waals surface area (Å²) in [6.07, 6.45) is 3.35. The molecule has 6 nitrogen and oxygen atoms in total. The van der Waals surface area contributed by atoms with Crippen molar-refractivity contribution in [1.82, 2.24) is 9.94 Å². The van der Waals surface area contributed by atoms with Crippen LogP contribution in [0.15, 0.2) is 30.6 Å². The normalized spacial score (nSPS) is 15.9. The van der Waals surface area contributed by atoms with E-state index >= 15 is 0 Å². The van der Waals surface area contributed by atoms with E-state index in [2.05, 4.69) is 5.10 Å². The number of hydrogen-bond acceptors (Lipinski definition) is 5. The van der Waals surface area contributed by atoms with Crippen LogP contribution in [0.2, 0.25) is 0 Å². The summed E-state index contributed by atoms with van der Waals surface area (Å²) in [5.74, 6) is -0.850. The van der Waals surface area contributed by atoms with Gasteiger partial charge in [0, 0.05) is 25.0 Å². The van der Waals surface area contributed by atoms with Gasteiger partial charge in [0.15, 0.2) is 0 Å². The van der Waals surface area contributed by atoms with Gasteiger partial charge in [0.25, 0.3) is 0 Å². The molecule has 1 aliphatic heterocycles. The van der Waals surface area contributed by atoms with Crippen molar-refractivity contribution >= 4 is 5.97 Å². The van der Waals surface area contributed by atoms with Crippen molar-refractivity contribution in [3.05, 3.63) is 36.2 Å². The first-order chi connectivity index (χ1) is 10.00. The summed E-state index contributed by atoms with van der Waals surface area (Å²) in [5, 5.41) is 4.09. The van der Waals surface area contributed by atoms with Gasteiger partial charge in [-0.3, -0.25) is 0 Å². The largest absolute Gasteiger partial charge is 0.452 e. The van der Waals surface area contributed by atoms with E-state index in [4.69, 9.17) is 14.3 Å². The summed E-state index contributed by atoms with van der Waals surface area (Å²) >= 11 is 0. The van der Waals surface area contributed by atoms with Crippen LogP contribution in [0, 0.1) is 0 Å². The van der Waals surface area contributed by atoms with Gasteiger partial charge in [-0.05, 0) is 13.0 Å². The maximum atomic E-state index is 12.3. The molecule has 0 amide bonds. The van der Waals surface area contributed by atoms with E-state index in [1.54, 1.807) is 32.3 Å². The van der Waals surface area contributed by atoms with E-state index < -0.39 is 11.8 Å². The number of carbonyl (C=O) groups is 1. The molecule has 2 aromatic rings. The molecular weight excluding hydrogens is 272 g/mol. The molecule has 0 bridgehead atoms. The second-order valence-corrected chi connectivity index (χ2v) is 5.12. The maximum Gasteiger partial charge on any atom is 0.345 e. The number of benzene rings is 1. The van der Waals surface area contributed by atoms with Gasteiger partial charge in [-0.15, -0.1) is 9.94 Å². The molecule has 0 saturated carbocycles. The number of nitrogens with zero attached hydrogens (tertiary/aromatic N) is 2. The summed E-state index contributed by atoms with van der Waals surface area (Å²) in [4.78, 5) is 18.9. The van der Waals surface area contributed by atoms with Gasteiger partial charge >= 0.3 is 5.97 Å². The van der Waals surface area contributed by atoms with Crippen molar-refractivity contribution in [2.45, 2.75) is 26.6 Å². The molecular formula is C15H16N2O4. The Labute approximate surface area is 122 Å². The average molecular weight is 288 g/mol. The van der Waals surface area contributed by atoms with Crippen LogP contribution in [-0.4, -0.2) is 28.3 Å². The van der Waals surface area contributed by atoms with Gasteiger partial charge in [0.1, 0.15) is 17.9 Å². The zero-order valence-corrected chi connectivity index (χ0v) is 12.1. The van der Waals surface area contributed by atoms with Crippen LogP contribution in [0.25, 0.3) is 11.1 Å². The molecule has 0 saturated heterocycles. The molecule has 1 aromatic carbocycles. The third kappa shape index (κ3) is 2.44. The van der Waals surface area contributed by atoms with E-state index in [0.29, 0.717) is 23.5 Å². The van der Waals surface area contributed by atoms with Crippen molar-refractivity contribution in [2.75, 3.05) is 6.61 Å². The quantitative estimate of drug-likeness (QED) is 0.811. The molecule has 0 spiro atoms. The molecule has 0 N–H and O–H groups in total. The van der Waals surface area contributed by atoms with E-state index in [9.17, 15) is 4.79 Å². The highest BCUT2D eigenvalue weighted by atomic mass is 16.7. The number of carbonyl (C=O) groups excluding carboxylic acids is 1. The molecule has 110 valence electrons. The first-order valence-electron chi connectivity index (χ1n) is 6.74. The number of fused-ring (bicyclic) bond motifs is 1. The minimum Gasteiger partial charge on any atom is -0.452 e. The molecule has 3 rings (SSSR count). The van der Waals surface area contributed by atoms with E-state index in [0.717, 1.165) is 5.56 Å². The molecule has 0 aliphatic carbocycles. The molecule has 2 heterocycles. The van der Waals surface area contributed by atoms with Gasteiger partial charge in [-0.25, -0.2) is 4.79 Å². The van der Waals surface area contributed by atoms with Crippen molar-refractivity contribution < 1.29 is 19.1 Å². The van der Waals surface area contributed by atoms with E-state index in [1.165, 1.54) is 4.85 Å². The highest BCUT2D eigenvalue weighted by Gasteiger charge is 2.35. The van der Waals surface area contributed by atoms with Crippen molar-refractivity contribution in [2.24, 2.45) is 0 Å². The Morgan fingerprint density at radius 3 is 2.90 bits per heavy atom. The fourth-order valence-corrected chi connectivity index (χ4v) is 2.27. The van der Waals surface area contributed by atoms with Crippen molar-refractivity contribution in [1.29, 1.82) is 0 Å². The van der Waals surface area contributed by atoms with Crippen molar-refractivity contribution in [3.63, 3.8) is 0 Å². The van der Waals surface area contributed by atoms with E-state index in [-0.39, 0.29) is 0 Å². The molecule has 0 fully saturated rings. The predicted octanol–water partition coefficient (Wildman–Crippen LogP) is 2.28. The Morgan fingerprint density at radius 1 is 1.33 bits per heavy atom. The standard InChI is InChI=1S/C15H16N2O4/c1-4-19-17-9-10(8-16-17)11-6-5-7-12-13(11)14(18)21-15(2,3)20-12/h5-9H,4H2,1-3H3. The predicted molar refractivity (Wildman–Crippen MR) is 74.9 cm³/mol. The highest BCUT2D eigenvalue weighted by Crippen LogP contribution is 2.37. The number of ether oxygens (including phenoxy) is 2. The van der Waals surface area contributed by atoms with Gasteiger partial charge in [-0.1, -0.05) is 12.1 Å². The zero-order chi connectivity index (χ0) is 15.0. The van der Waals surface area contributed by atoms with Crippen LogP contribution in [-0.2, 0) is 4.74 Å². The fraction of sp³-hybridized carbons (Fsp3) is 0.333. The third-order valence-corrected chi connectivity index (χ3v) is 3.06. The lowest BCUT2D eigenvalue weighted by molar-refractivity contribution is -0.127. The first kappa shape index (κ1) is 13.5. The Balaban J connectivity index is 2.06. The monoisotopic (exact) mass is 288 g/mol. The second kappa shape index (κ2) is 4.80. The zero-order valence-electron chi connectivity index (χ0n) is 12.1. The van der Waals surface area contributed by atoms with Crippen LogP contribution < -0.4 is 9.57 Å². The smallest absolute Gasteiger partial charge is 0.345 e. The average Bonchev–Trinajstić information content (AvgIpc) is 2.85. The molecule has 1 aromatic heterocycles. The highest BCUT2D eigenvalue weighted by molar-refractivity contribution is 6.00. The third-order valence-electron chi connectivity index (χ3n) is 3.06. The minimum atomic E-state index is -0.960. The van der Waals surface area contributed by atoms with Crippen LogP contribution in [0.4, 0.5) is 0 Å². The maximum absolute atomic E-state index is 12.3. The first-order valence-corrected chi connectivity index (χ1v) is 6.74. The van der Waals surface area contributed by atoms with Crippen LogP contribution >= 0.6 is 0 Å². The van der Waals surface area contributed by atoms with Gasteiger partial charge < -0.3 is 14.3 Å². The summed E-state index contributed by atoms with van der Waals surface area (Å²) in [7, 11) is 0. The number of cyclic esters (lactones) is 1. The van der Waals surface area contributed by atoms with Gasteiger partial charge in [0.05, 0.1) is 12.4 Å². The Bertz CT molecular complexity index is 691. The number of hydrogen-bond donors (Lipinski definition) is 0. The number of esters is 1. The lowest BCUT2D eigenvalue weighted by Gasteiger charge is -2.32. The second-order valence-electron chi connectivity index (χ2n) is 5.12. The molecule has 6 heteroatoms. The summed E-state index contributed by atoms with van der Waals surface area (Å²) in [6.45, 7) is 5.79. The fourth-order valence-electron chi connectivity index (χ4n) is 2.27. The number of aromatic nitrogens is 2. The summed E-state index contributed by atoms with van der Waals surface area (Å²) < 4.78 is 11.0.